The molecule has 0 spiro atoms. The summed E-state index contributed by atoms with van der Waals surface area (Å²) in [7, 11) is 0. The van der Waals surface area contributed by atoms with Gasteiger partial charge in [0.2, 0.25) is 5.91 Å². The van der Waals surface area contributed by atoms with Crippen molar-refractivity contribution < 1.29 is 14.3 Å². The molecule has 0 unspecified atom stereocenters. The number of esters is 1. The highest BCUT2D eigenvalue weighted by Crippen LogP contribution is 2.36. The van der Waals surface area contributed by atoms with Crippen molar-refractivity contribution in [3.8, 4) is 0 Å². The molecule has 1 N–H and O–H groups in total. The third kappa shape index (κ3) is 5.70. The molecule has 1 aliphatic rings. The lowest BCUT2D eigenvalue weighted by atomic mass is 10.00. The summed E-state index contributed by atoms with van der Waals surface area (Å²) >= 11 is 7.55. The molecular formula is C23H29ClN2O3S. The first-order valence-corrected chi connectivity index (χ1v) is 11.2. The number of hydrogen-bond donors (Lipinski definition) is 1. The molecule has 0 saturated carbocycles. The van der Waals surface area contributed by atoms with Crippen molar-refractivity contribution in [2.75, 3.05) is 5.32 Å². The number of rotatable bonds is 3. The SMILES string of the molecule is CC.Cc1sc2c(c1C)C(c1ccc(Cl)cc1)=N[C@@H](CC(=O)OC(C)(C)C)C(=O)N2. The third-order valence-electron chi connectivity index (χ3n) is 4.34. The first-order chi connectivity index (χ1) is 14.0. The van der Waals surface area contributed by atoms with Crippen LogP contribution in [-0.4, -0.2) is 29.2 Å². The van der Waals surface area contributed by atoms with Gasteiger partial charge < -0.3 is 10.1 Å². The summed E-state index contributed by atoms with van der Waals surface area (Å²) < 4.78 is 5.38. The zero-order chi connectivity index (χ0) is 22.6. The van der Waals surface area contributed by atoms with Crippen LogP contribution in [0.4, 0.5) is 5.00 Å². The molecule has 1 aromatic carbocycles. The van der Waals surface area contributed by atoms with Crippen molar-refractivity contribution in [2.24, 2.45) is 4.99 Å². The van der Waals surface area contributed by atoms with E-state index in [-0.39, 0.29) is 12.3 Å². The van der Waals surface area contributed by atoms with Gasteiger partial charge in [-0.25, -0.2) is 0 Å². The number of benzene rings is 1. The summed E-state index contributed by atoms with van der Waals surface area (Å²) in [5, 5.41) is 4.32. The van der Waals surface area contributed by atoms with Crippen molar-refractivity contribution >= 4 is 45.5 Å². The van der Waals surface area contributed by atoms with Crippen molar-refractivity contribution in [1.82, 2.24) is 0 Å². The number of ether oxygens (including phenoxy) is 1. The molecule has 0 aliphatic carbocycles. The summed E-state index contributed by atoms with van der Waals surface area (Å²) in [6.45, 7) is 13.4. The van der Waals surface area contributed by atoms with Crippen LogP contribution in [0.2, 0.25) is 5.02 Å². The fourth-order valence-corrected chi connectivity index (χ4v) is 4.17. The normalized spacial score (nSPS) is 15.8. The van der Waals surface area contributed by atoms with Gasteiger partial charge in [-0.15, -0.1) is 11.3 Å². The smallest absolute Gasteiger partial charge is 0.309 e. The highest BCUT2D eigenvalue weighted by molar-refractivity contribution is 7.17. The predicted octanol–water partition coefficient (Wildman–Crippen LogP) is 5.93. The number of amides is 1. The third-order valence-corrected chi connectivity index (χ3v) is 5.72. The van der Waals surface area contributed by atoms with Gasteiger partial charge in [0, 0.05) is 21.0 Å². The Labute approximate surface area is 187 Å². The number of aryl methyl sites for hydroxylation is 1. The Morgan fingerprint density at radius 2 is 1.80 bits per heavy atom. The lowest BCUT2D eigenvalue weighted by Crippen LogP contribution is -2.31. The highest BCUT2D eigenvalue weighted by atomic mass is 35.5. The second-order valence-corrected chi connectivity index (χ2v) is 9.43. The van der Waals surface area contributed by atoms with E-state index in [0.29, 0.717) is 10.7 Å². The van der Waals surface area contributed by atoms with Crippen LogP contribution in [0.5, 0.6) is 0 Å². The van der Waals surface area contributed by atoms with Crippen LogP contribution in [0.15, 0.2) is 29.3 Å². The number of hydrogen-bond acceptors (Lipinski definition) is 5. The standard InChI is InChI=1S/C21H23ClN2O3S.C2H6/c1-11-12(2)28-20-17(11)18(13-6-8-14(22)9-7-13)23-15(19(26)24-20)10-16(25)27-21(3,4)5;1-2/h6-9,15H,10H2,1-5H3,(H,24,26);1-2H3/t15-;/m0./s1. The number of anilines is 1. The molecule has 2 heterocycles. The van der Waals surface area contributed by atoms with Gasteiger partial charge in [-0.3, -0.25) is 14.6 Å². The molecule has 0 bridgehead atoms. The first kappa shape index (κ1) is 24.1. The number of nitrogens with one attached hydrogen (secondary N) is 1. The van der Waals surface area contributed by atoms with Crippen molar-refractivity contribution in [1.29, 1.82) is 0 Å². The Morgan fingerprint density at radius 3 is 2.37 bits per heavy atom. The number of aliphatic imine (C=N–C) groups is 1. The largest absolute Gasteiger partial charge is 0.460 e. The molecular weight excluding hydrogens is 420 g/mol. The zero-order valence-corrected chi connectivity index (χ0v) is 20.1. The van der Waals surface area contributed by atoms with Crippen LogP contribution in [0.3, 0.4) is 0 Å². The van der Waals surface area contributed by atoms with E-state index in [1.54, 1.807) is 32.9 Å². The molecule has 30 heavy (non-hydrogen) atoms. The average Bonchev–Trinajstić information content (AvgIpc) is 2.85. The van der Waals surface area contributed by atoms with Crippen LogP contribution >= 0.6 is 22.9 Å². The molecule has 0 fully saturated rings. The van der Waals surface area contributed by atoms with Gasteiger partial charge >= 0.3 is 5.97 Å². The molecule has 1 atom stereocenters. The topological polar surface area (TPSA) is 67.8 Å². The van der Waals surface area contributed by atoms with Crippen molar-refractivity contribution in [2.45, 2.75) is 66.5 Å². The second-order valence-electron chi connectivity index (χ2n) is 7.77. The van der Waals surface area contributed by atoms with Gasteiger partial charge in [0.25, 0.3) is 0 Å². The summed E-state index contributed by atoms with van der Waals surface area (Å²) in [5.41, 5.74) is 2.86. The minimum atomic E-state index is -0.861. The number of nitrogens with zero attached hydrogens (tertiary/aromatic N) is 1. The molecule has 2 aromatic rings. The van der Waals surface area contributed by atoms with Gasteiger partial charge in [-0.2, -0.15) is 0 Å². The van der Waals surface area contributed by atoms with E-state index >= 15 is 0 Å². The number of halogens is 1. The number of carbonyl (C=O) groups is 2. The molecule has 1 aliphatic heterocycles. The molecule has 1 amide bonds. The summed E-state index contributed by atoms with van der Waals surface area (Å²) in [4.78, 5) is 30.9. The lowest BCUT2D eigenvalue weighted by Gasteiger charge is -2.20. The maximum Gasteiger partial charge on any atom is 0.309 e. The van der Waals surface area contributed by atoms with E-state index in [1.165, 1.54) is 11.3 Å². The van der Waals surface area contributed by atoms with Gasteiger partial charge in [-0.1, -0.05) is 37.6 Å². The van der Waals surface area contributed by atoms with Crippen LogP contribution in [0.1, 0.15) is 62.6 Å². The fourth-order valence-electron chi connectivity index (χ4n) is 2.98. The van der Waals surface area contributed by atoms with Crippen LogP contribution in [-0.2, 0) is 14.3 Å². The average molecular weight is 449 g/mol. The number of carbonyl (C=O) groups excluding carboxylic acids is 2. The second kappa shape index (κ2) is 9.75. The molecule has 162 valence electrons. The van der Waals surface area contributed by atoms with Gasteiger partial charge in [-0.05, 0) is 52.3 Å². The minimum absolute atomic E-state index is 0.118. The number of thiophene rings is 1. The molecule has 5 nitrogen and oxygen atoms in total. The van der Waals surface area contributed by atoms with E-state index in [4.69, 9.17) is 21.3 Å². The van der Waals surface area contributed by atoms with E-state index in [9.17, 15) is 9.59 Å². The predicted molar refractivity (Wildman–Crippen MR) is 125 cm³/mol. The number of fused-ring (bicyclic) bond motifs is 1. The molecule has 7 heteroatoms. The molecule has 0 saturated heterocycles. The Kier molecular flexibility index (Phi) is 7.83. The zero-order valence-electron chi connectivity index (χ0n) is 18.6. The maximum absolute atomic E-state index is 12.8. The quantitative estimate of drug-likeness (QED) is 0.591. The van der Waals surface area contributed by atoms with E-state index in [2.05, 4.69) is 5.32 Å². The maximum atomic E-state index is 12.8. The lowest BCUT2D eigenvalue weighted by molar-refractivity contribution is -0.155. The Balaban J connectivity index is 0.00000155. The first-order valence-electron chi connectivity index (χ1n) is 10.0. The highest BCUT2D eigenvalue weighted by Gasteiger charge is 2.31. The van der Waals surface area contributed by atoms with Gasteiger partial charge in [0.1, 0.15) is 16.6 Å². The minimum Gasteiger partial charge on any atom is -0.460 e. The molecule has 0 radical (unpaired) electrons. The molecule has 1 aromatic heterocycles. The van der Waals surface area contributed by atoms with Crippen molar-refractivity contribution in [3.63, 3.8) is 0 Å². The van der Waals surface area contributed by atoms with E-state index in [1.807, 2.05) is 39.8 Å². The monoisotopic (exact) mass is 448 g/mol. The molecule has 3 rings (SSSR count). The van der Waals surface area contributed by atoms with E-state index in [0.717, 1.165) is 26.6 Å². The fraction of sp³-hybridized carbons (Fsp3) is 0.435. The van der Waals surface area contributed by atoms with Crippen LogP contribution in [0.25, 0.3) is 0 Å². The van der Waals surface area contributed by atoms with Gasteiger partial charge in [0.05, 0.1) is 12.1 Å². The van der Waals surface area contributed by atoms with E-state index < -0.39 is 17.6 Å². The summed E-state index contributed by atoms with van der Waals surface area (Å²) in [6, 6.07) is 6.46. The summed E-state index contributed by atoms with van der Waals surface area (Å²) in [5.74, 6) is -0.762. The van der Waals surface area contributed by atoms with Gasteiger partial charge in [0.15, 0.2) is 0 Å². The van der Waals surface area contributed by atoms with Crippen LogP contribution in [0, 0.1) is 13.8 Å². The Bertz CT molecular complexity index is 956. The summed E-state index contributed by atoms with van der Waals surface area (Å²) in [6.07, 6.45) is -0.118. The Hall–Kier alpha value is -2.18. The van der Waals surface area contributed by atoms with Crippen molar-refractivity contribution in [3.05, 3.63) is 50.9 Å². The Morgan fingerprint density at radius 1 is 1.20 bits per heavy atom. The van der Waals surface area contributed by atoms with Crippen LogP contribution < -0.4 is 5.32 Å².